The predicted molar refractivity (Wildman–Crippen MR) is 46.3 cm³/mol. The molecule has 1 N–H and O–H groups in total. The second-order valence-electron chi connectivity index (χ2n) is 2.69. The Morgan fingerprint density at radius 2 is 2.14 bits per heavy atom. The molecule has 8 heteroatoms. The summed E-state index contributed by atoms with van der Waals surface area (Å²) in [5.41, 5.74) is 9.12. The molecule has 1 rings (SSSR count). The van der Waals surface area contributed by atoms with Gasteiger partial charge in [-0.15, -0.1) is 0 Å². The van der Waals surface area contributed by atoms with Gasteiger partial charge in [0, 0.05) is 0 Å². The van der Waals surface area contributed by atoms with Gasteiger partial charge < -0.3 is 10.4 Å². The Bertz CT molecular complexity index is 212. The maximum Gasteiger partial charge on any atom is 0.226 e. The van der Waals surface area contributed by atoms with Crippen LogP contribution in [-0.2, 0) is 9.78 Å². The Balaban J connectivity index is 1.99. The molecule has 0 saturated heterocycles. The summed E-state index contributed by atoms with van der Waals surface area (Å²) in [6.45, 7) is 0. The van der Waals surface area contributed by atoms with Crippen molar-refractivity contribution in [1.82, 2.24) is 0 Å². The highest BCUT2D eigenvalue weighted by atomic mass is 17.2. The minimum atomic E-state index is 0.159. The Hall–Kier alpha value is -1.57. The number of hydrogen-bond donors (Lipinski definition) is 1. The summed E-state index contributed by atoms with van der Waals surface area (Å²) < 4.78 is 0. The Labute approximate surface area is 80.8 Å². The van der Waals surface area contributed by atoms with E-state index in [2.05, 4.69) is 31.2 Å². The first-order valence-electron chi connectivity index (χ1n) is 4.24. The Kier molecular flexibility index (Phi) is 5.18. The average Bonchev–Trinajstić information content (AvgIpc) is 2.69. The molecule has 1 aliphatic carbocycles. The Morgan fingerprint density at radius 3 is 2.86 bits per heavy atom. The third-order valence-electron chi connectivity index (χ3n) is 1.76. The van der Waals surface area contributed by atoms with Crippen LogP contribution in [0.4, 0.5) is 0 Å². The molecule has 0 unspecified atom stereocenters. The summed E-state index contributed by atoms with van der Waals surface area (Å²) in [7, 11) is 0. The highest BCUT2D eigenvalue weighted by molar-refractivity contribution is 5.44. The average molecular weight is 199 g/mol. The van der Waals surface area contributed by atoms with Crippen LogP contribution >= 0.6 is 0 Å². The summed E-state index contributed by atoms with van der Waals surface area (Å²) >= 11 is 0. The molecule has 0 aromatic heterocycles. The molecule has 1 saturated carbocycles. The standard InChI is InChI=1S/C6H11N6O2/c7-9-11-12-10-8-5-13-14-6-3-1-2-4-6/h5-6H,1-4H2,(H-,7,10,11)/q-1/b8-5+. The van der Waals surface area contributed by atoms with E-state index in [1.54, 1.807) is 0 Å². The van der Waals surface area contributed by atoms with Gasteiger partial charge >= 0.3 is 0 Å². The molecule has 14 heavy (non-hydrogen) atoms. The second kappa shape index (κ2) is 6.89. The molecule has 8 nitrogen and oxygen atoms in total. The summed E-state index contributed by atoms with van der Waals surface area (Å²) in [5, 5.41) is 12.1. The highest BCUT2D eigenvalue weighted by Gasteiger charge is 2.16. The zero-order chi connectivity index (χ0) is 10.1. The van der Waals surface area contributed by atoms with Gasteiger partial charge in [0.25, 0.3) is 0 Å². The van der Waals surface area contributed by atoms with E-state index in [4.69, 9.17) is 10.4 Å². The van der Waals surface area contributed by atoms with E-state index in [0.29, 0.717) is 0 Å². The molecule has 0 bridgehead atoms. The third-order valence-corrected chi connectivity index (χ3v) is 1.76. The van der Waals surface area contributed by atoms with Crippen molar-refractivity contribution >= 4 is 6.40 Å². The molecule has 1 fully saturated rings. The number of nitrogens with one attached hydrogen (secondary N) is 1. The molecule has 78 valence electrons. The van der Waals surface area contributed by atoms with Gasteiger partial charge in [-0.25, -0.2) is 0 Å². The molecule has 0 spiro atoms. The van der Waals surface area contributed by atoms with Crippen molar-refractivity contribution < 1.29 is 9.78 Å². The van der Waals surface area contributed by atoms with Crippen molar-refractivity contribution in [2.24, 2.45) is 20.8 Å². The van der Waals surface area contributed by atoms with E-state index in [-0.39, 0.29) is 6.10 Å². The van der Waals surface area contributed by atoms with Crippen molar-refractivity contribution in [3.8, 4) is 0 Å². The quantitative estimate of drug-likeness (QED) is 0.233. The smallest absolute Gasteiger partial charge is 0.226 e. The van der Waals surface area contributed by atoms with Crippen molar-refractivity contribution in [3.05, 3.63) is 5.53 Å². The van der Waals surface area contributed by atoms with Gasteiger partial charge in [0.1, 0.15) is 6.10 Å². The fourth-order valence-electron chi connectivity index (χ4n) is 1.19. The van der Waals surface area contributed by atoms with E-state index in [1.807, 2.05) is 0 Å². The zero-order valence-corrected chi connectivity index (χ0v) is 7.54. The maximum atomic E-state index is 6.23. The first-order chi connectivity index (χ1) is 6.93. The van der Waals surface area contributed by atoms with Crippen molar-refractivity contribution in [2.45, 2.75) is 31.8 Å². The van der Waals surface area contributed by atoms with Crippen LogP contribution in [0.3, 0.4) is 0 Å². The van der Waals surface area contributed by atoms with Crippen LogP contribution in [0.15, 0.2) is 20.8 Å². The largest absolute Gasteiger partial charge is 0.324 e. The molecular weight excluding hydrogens is 188 g/mol. The van der Waals surface area contributed by atoms with E-state index >= 15 is 0 Å². The number of hydrogen-bond acceptors (Lipinski definition) is 6. The minimum Gasteiger partial charge on any atom is -0.324 e. The lowest BCUT2D eigenvalue weighted by Gasteiger charge is -2.05. The van der Waals surface area contributed by atoms with Gasteiger partial charge in [0.2, 0.25) is 6.40 Å². The SMILES string of the molecule is N=N[N-]/N=N/N=C/OOC1CCCC1. The fraction of sp³-hybridized carbons (Fsp3) is 0.833. The zero-order valence-electron chi connectivity index (χ0n) is 7.54. The van der Waals surface area contributed by atoms with E-state index in [9.17, 15) is 0 Å². The molecule has 0 aromatic rings. The second-order valence-corrected chi connectivity index (χ2v) is 2.69. The lowest BCUT2D eigenvalue weighted by molar-refractivity contribution is -0.251. The Morgan fingerprint density at radius 1 is 1.36 bits per heavy atom. The number of rotatable bonds is 6. The van der Waals surface area contributed by atoms with E-state index in [1.165, 1.54) is 12.8 Å². The molecule has 0 aromatic carbocycles. The van der Waals surface area contributed by atoms with Gasteiger partial charge in [-0.2, -0.15) is 31.2 Å². The summed E-state index contributed by atoms with van der Waals surface area (Å²) in [4.78, 5) is 9.60. The van der Waals surface area contributed by atoms with Gasteiger partial charge in [0.15, 0.2) is 0 Å². The lowest BCUT2D eigenvalue weighted by atomic mass is 10.3. The van der Waals surface area contributed by atoms with Crippen molar-refractivity contribution in [2.75, 3.05) is 0 Å². The molecule has 0 amide bonds. The fourth-order valence-corrected chi connectivity index (χ4v) is 1.19. The first-order valence-corrected chi connectivity index (χ1v) is 4.24. The molecular formula is C6H11N6O2-. The van der Waals surface area contributed by atoms with Gasteiger partial charge in [-0.3, -0.25) is 0 Å². The van der Waals surface area contributed by atoms with Gasteiger partial charge in [-0.05, 0) is 12.8 Å². The molecule has 0 radical (unpaired) electrons. The predicted octanol–water partition coefficient (Wildman–Crippen LogP) is 2.51. The summed E-state index contributed by atoms with van der Waals surface area (Å²) in [6.07, 6.45) is 5.56. The summed E-state index contributed by atoms with van der Waals surface area (Å²) in [6, 6.07) is 0. The highest BCUT2D eigenvalue weighted by Crippen LogP contribution is 2.20. The van der Waals surface area contributed by atoms with Crippen LogP contribution in [0.1, 0.15) is 25.7 Å². The first kappa shape index (κ1) is 10.5. The summed E-state index contributed by atoms with van der Waals surface area (Å²) in [5.74, 6) is 0. The molecule has 0 heterocycles. The van der Waals surface area contributed by atoms with E-state index in [0.717, 1.165) is 19.2 Å². The van der Waals surface area contributed by atoms with Crippen molar-refractivity contribution in [3.63, 3.8) is 0 Å². The van der Waals surface area contributed by atoms with Crippen molar-refractivity contribution in [1.29, 1.82) is 5.53 Å². The topological polar surface area (TPSA) is 106 Å². The molecule has 1 aliphatic rings. The van der Waals surface area contributed by atoms with Crippen LogP contribution in [0.5, 0.6) is 0 Å². The van der Waals surface area contributed by atoms with Crippen LogP contribution in [0.2, 0.25) is 0 Å². The number of nitrogens with zero attached hydrogens (tertiary/aromatic N) is 5. The van der Waals surface area contributed by atoms with Gasteiger partial charge in [-0.1, -0.05) is 12.8 Å². The monoisotopic (exact) mass is 199 g/mol. The molecule has 0 aliphatic heterocycles. The van der Waals surface area contributed by atoms with Crippen LogP contribution in [0, 0.1) is 5.53 Å². The minimum absolute atomic E-state index is 0.159. The molecule has 0 atom stereocenters. The normalized spacial score (nSPS) is 18.0. The van der Waals surface area contributed by atoms with Crippen LogP contribution in [0.25, 0.3) is 5.53 Å². The van der Waals surface area contributed by atoms with Crippen LogP contribution < -0.4 is 0 Å². The van der Waals surface area contributed by atoms with Crippen LogP contribution in [-0.4, -0.2) is 12.5 Å². The third kappa shape index (κ3) is 4.45. The van der Waals surface area contributed by atoms with Gasteiger partial charge in [0.05, 0.1) is 0 Å². The maximum absolute atomic E-state index is 6.23. The van der Waals surface area contributed by atoms with E-state index < -0.39 is 0 Å². The lowest BCUT2D eigenvalue weighted by Crippen LogP contribution is -2.06.